The SMILES string of the molecule is CC(=O)NC[C@H]1CN(c2ccc(N3CCC(=C(C#N)CN4CCOCC4)CC3)c(F)c2)C(=O)O1. The van der Waals surface area contributed by atoms with E-state index in [4.69, 9.17) is 9.47 Å². The number of rotatable bonds is 6. The van der Waals surface area contributed by atoms with Crippen LogP contribution in [0.2, 0.25) is 0 Å². The first-order valence-corrected chi connectivity index (χ1v) is 11.6. The number of hydrogen-bond acceptors (Lipinski definition) is 7. The van der Waals surface area contributed by atoms with Gasteiger partial charge in [-0.25, -0.2) is 9.18 Å². The number of morpholine rings is 1. The van der Waals surface area contributed by atoms with Gasteiger partial charge in [0.25, 0.3) is 0 Å². The molecule has 1 aromatic carbocycles. The summed E-state index contributed by atoms with van der Waals surface area (Å²) in [6.45, 7) is 6.83. The van der Waals surface area contributed by atoms with Gasteiger partial charge in [-0.15, -0.1) is 0 Å². The number of amides is 2. The predicted octanol–water partition coefficient (Wildman–Crippen LogP) is 2.04. The van der Waals surface area contributed by atoms with E-state index in [1.165, 1.54) is 17.9 Å². The molecule has 3 saturated heterocycles. The molecule has 0 spiro atoms. The Bertz CT molecular complexity index is 992. The van der Waals surface area contributed by atoms with Gasteiger partial charge in [-0.2, -0.15) is 5.26 Å². The van der Waals surface area contributed by atoms with Gasteiger partial charge in [-0.3, -0.25) is 14.6 Å². The number of benzene rings is 1. The van der Waals surface area contributed by atoms with E-state index < -0.39 is 18.0 Å². The third kappa shape index (κ3) is 5.66. The van der Waals surface area contributed by atoms with E-state index in [1.807, 2.05) is 4.90 Å². The summed E-state index contributed by atoms with van der Waals surface area (Å²) in [6.07, 6.45) is 0.410. The van der Waals surface area contributed by atoms with Gasteiger partial charge in [0.2, 0.25) is 5.91 Å². The highest BCUT2D eigenvalue weighted by Crippen LogP contribution is 2.31. The molecule has 34 heavy (non-hydrogen) atoms. The zero-order chi connectivity index (χ0) is 24.1. The molecule has 0 bridgehead atoms. The van der Waals surface area contributed by atoms with E-state index in [0.717, 1.165) is 37.1 Å². The molecule has 3 aliphatic heterocycles. The molecule has 0 unspecified atom stereocenters. The van der Waals surface area contributed by atoms with E-state index in [2.05, 4.69) is 16.3 Å². The number of anilines is 2. The van der Waals surface area contributed by atoms with Gasteiger partial charge >= 0.3 is 6.09 Å². The monoisotopic (exact) mass is 471 g/mol. The highest BCUT2D eigenvalue weighted by molar-refractivity contribution is 5.90. The van der Waals surface area contributed by atoms with Crippen molar-refractivity contribution in [2.45, 2.75) is 25.9 Å². The number of carbonyl (C=O) groups is 2. The number of nitriles is 1. The second kappa shape index (κ2) is 10.8. The molecule has 1 atom stereocenters. The van der Waals surface area contributed by atoms with Crippen LogP contribution in [-0.4, -0.2) is 82.0 Å². The van der Waals surface area contributed by atoms with Crippen LogP contribution < -0.4 is 15.1 Å². The first-order valence-electron chi connectivity index (χ1n) is 11.6. The highest BCUT2D eigenvalue weighted by atomic mass is 19.1. The van der Waals surface area contributed by atoms with Crippen molar-refractivity contribution < 1.29 is 23.5 Å². The number of halogens is 1. The first-order chi connectivity index (χ1) is 16.4. The second-order valence-corrected chi connectivity index (χ2v) is 8.76. The van der Waals surface area contributed by atoms with Crippen molar-refractivity contribution in [3.63, 3.8) is 0 Å². The minimum absolute atomic E-state index is 0.201. The minimum Gasteiger partial charge on any atom is -0.442 e. The Morgan fingerprint density at radius 2 is 1.97 bits per heavy atom. The van der Waals surface area contributed by atoms with Crippen LogP contribution in [0.4, 0.5) is 20.6 Å². The minimum atomic E-state index is -0.556. The van der Waals surface area contributed by atoms with Crippen molar-refractivity contribution in [1.29, 1.82) is 5.26 Å². The standard InChI is InChI=1S/C24H30FN5O4/c1-17(31)27-14-21-16-30(24(32)34-21)20-2-3-23(22(25)12-20)29-6-4-18(5-7-29)19(13-26)15-28-8-10-33-11-9-28/h2-3,12,21H,4-11,14-16H2,1H3,(H,27,31)/t21-/m0/s1. The molecular weight excluding hydrogens is 441 g/mol. The predicted molar refractivity (Wildman–Crippen MR) is 124 cm³/mol. The average molecular weight is 472 g/mol. The van der Waals surface area contributed by atoms with Crippen LogP contribution in [0.5, 0.6) is 0 Å². The Hall–Kier alpha value is -3.16. The van der Waals surface area contributed by atoms with Crippen LogP contribution in [0.1, 0.15) is 19.8 Å². The van der Waals surface area contributed by atoms with Crippen LogP contribution in [-0.2, 0) is 14.3 Å². The van der Waals surface area contributed by atoms with Gasteiger partial charge in [-0.1, -0.05) is 5.57 Å². The van der Waals surface area contributed by atoms with Crippen molar-refractivity contribution in [3.8, 4) is 6.07 Å². The van der Waals surface area contributed by atoms with Crippen LogP contribution in [0.25, 0.3) is 0 Å². The van der Waals surface area contributed by atoms with Crippen LogP contribution in [0, 0.1) is 17.1 Å². The summed E-state index contributed by atoms with van der Waals surface area (Å²) in [5.74, 6) is -0.607. The molecule has 3 heterocycles. The quantitative estimate of drug-likeness (QED) is 0.634. The third-order valence-corrected chi connectivity index (χ3v) is 6.45. The summed E-state index contributed by atoms with van der Waals surface area (Å²) >= 11 is 0. The fraction of sp³-hybridized carbons (Fsp3) is 0.542. The second-order valence-electron chi connectivity index (χ2n) is 8.76. The lowest BCUT2D eigenvalue weighted by atomic mass is 9.97. The lowest BCUT2D eigenvalue weighted by molar-refractivity contribution is -0.119. The fourth-order valence-corrected chi connectivity index (χ4v) is 4.54. The molecule has 1 N–H and O–H groups in total. The summed E-state index contributed by atoms with van der Waals surface area (Å²) in [5.41, 5.74) is 2.87. The normalized spacial score (nSPS) is 21.3. The van der Waals surface area contributed by atoms with Gasteiger partial charge < -0.3 is 19.7 Å². The lowest BCUT2D eigenvalue weighted by Crippen LogP contribution is -2.38. The fourth-order valence-electron chi connectivity index (χ4n) is 4.54. The molecule has 182 valence electrons. The van der Waals surface area contributed by atoms with E-state index in [1.54, 1.807) is 12.1 Å². The summed E-state index contributed by atoms with van der Waals surface area (Å²) in [4.78, 5) is 28.9. The van der Waals surface area contributed by atoms with E-state index in [9.17, 15) is 14.9 Å². The average Bonchev–Trinajstić information content (AvgIpc) is 3.22. The summed E-state index contributed by atoms with van der Waals surface area (Å²) in [5, 5.41) is 12.3. The Morgan fingerprint density at radius 1 is 1.24 bits per heavy atom. The van der Waals surface area contributed by atoms with Gasteiger partial charge in [0.05, 0.1) is 43.7 Å². The van der Waals surface area contributed by atoms with E-state index >= 15 is 4.39 Å². The number of ether oxygens (including phenoxy) is 2. The maximum Gasteiger partial charge on any atom is 0.414 e. The van der Waals surface area contributed by atoms with Crippen molar-refractivity contribution in [2.24, 2.45) is 0 Å². The maximum atomic E-state index is 15.0. The lowest BCUT2D eigenvalue weighted by Gasteiger charge is -2.32. The van der Waals surface area contributed by atoms with Gasteiger partial charge in [-0.05, 0) is 31.0 Å². The number of piperidine rings is 1. The smallest absolute Gasteiger partial charge is 0.414 e. The van der Waals surface area contributed by atoms with E-state index in [-0.39, 0.29) is 19.0 Å². The van der Waals surface area contributed by atoms with Crippen LogP contribution >= 0.6 is 0 Å². The summed E-state index contributed by atoms with van der Waals surface area (Å²) < 4.78 is 25.7. The van der Waals surface area contributed by atoms with Gasteiger partial charge in [0.15, 0.2) is 0 Å². The largest absolute Gasteiger partial charge is 0.442 e. The third-order valence-electron chi connectivity index (χ3n) is 6.45. The molecule has 0 radical (unpaired) electrons. The number of carbonyl (C=O) groups excluding carboxylic acids is 2. The first kappa shape index (κ1) is 24.0. The van der Waals surface area contributed by atoms with Crippen LogP contribution in [0.15, 0.2) is 29.3 Å². The number of hydrogen-bond donors (Lipinski definition) is 1. The topological polar surface area (TPSA) is 98.1 Å². The Labute approximate surface area is 198 Å². The molecule has 3 aliphatic rings. The Balaban J connectivity index is 1.37. The van der Waals surface area contributed by atoms with Crippen molar-refractivity contribution in [1.82, 2.24) is 10.2 Å². The Morgan fingerprint density at radius 3 is 2.62 bits per heavy atom. The summed E-state index contributed by atoms with van der Waals surface area (Å²) in [6, 6.07) is 7.13. The molecular formula is C24H30FN5O4. The zero-order valence-corrected chi connectivity index (χ0v) is 19.4. The van der Waals surface area contributed by atoms with Gasteiger partial charge in [0, 0.05) is 45.2 Å². The summed E-state index contributed by atoms with van der Waals surface area (Å²) in [7, 11) is 0. The van der Waals surface area contributed by atoms with E-state index in [0.29, 0.717) is 44.2 Å². The van der Waals surface area contributed by atoms with Gasteiger partial charge in [0.1, 0.15) is 11.9 Å². The van der Waals surface area contributed by atoms with Crippen molar-refractivity contribution in [3.05, 3.63) is 35.2 Å². The molecule has 1 aromatic rings. The molecule has 4 rings (SSSR count). The van der Waals surface area contributed by atoms with Crippen molar-refractivity contribution >= 4 is 23.4 Å². The molecule has 3 fully saturated rings. The molecule has 9 nitrogen and oxygen atoms in total. The van der Waals surface area contributed by atoms with Crippen molar-refractivity contribution in [2.75, 3.05) is 68.8 Å². The van der Waals surface area contributed by atoms with Crippen LogP contribution in [0.3, 0.4) is 0 Å². The molecule has 10 heteroatoms. The molecule has 0 aliphatic carbocycles. The molecule has 2 amide bonds. The maximum absolute atomic E-state index is 15.0. The number of nitrogens with one attached hydrogen (secondary N) is 1. The number of nitrogens with zero attached hydrogens (tertiary/aromatic N) is 4. The Kier molecular flexibility index (Phi) is 7.65. The molecule has 0 aromatic heterocycles. The molecule has 0 saturated carbocycles. The highest BCUT2D eigenvalue weighted by Gasteiger charge is 2.33. The number of cyclic esters (lactones) is 1. The zero-order valence-electron chi connectivity index (χ0n) is 19.4.